The van der Waals surface area contributed by atoms with E-state index in [0.29, 0.717) is 10.4 Å². The molecule has 0 amide bonds. The van der Waals surface area contributed by atoms with E-state index in [1.54, 1.807) is 24.3 Å². The van der Waals surface area contributed by atoms with Gasteiger partial charge in [0.25, 0.3) is 0 Å². The molecule has 78 valence electrons. The largest absolute Gasteiger partial charge is 0.451 e. The van der Waals surface area contributed by atoms with E-state index in [9.17, 15) is 9.50 Å². The number of halogens is 2. The summed E-state index contributed by atoms with van der Waals surface area (Å²) in [5.74, 6) is -0.135. The molecule has 0 radical (unpaired) electrons. The molecule has 0 bridgehead atoms. The number of hydrogen-bond donors (Lipinski definition) is 1. The molecule has 0 aliphatic rings. The van der Waals surface area contributed by atoms with Gasteiger partial charge in [-0.25, -0.2) is 4.39 Å². The van der Waals surface area contributed by atoms with Crippen LogP contribution in [0.4, 0.5) is 4.39 Å². The number of benzene rings is 1. The fourth-order valence-electron chi connectivity index (χ4n) is 1.33. The van der Waals surface area contributed by atoms with E-state index in [1.165, 1.54) is 12.1 Å². The highest BCUT2D eigenvalue weighted by Gasteiger charge is 2.17. The minimum Gasteiger partial charge on any atom is -0.451 e. The first-order valence-electron chi connectivity index (χ1n) is 4.36. The summed E-state index contributed by atoms with van der Waals surface area (Å²) >= 11 is 3.12. The van der Waals surface area contributed by atoms with Crippen LogP contribution in [-0.4, -0.2) is 5.11 Å². The van der Waals surface area contributed by atoms with Crippen molar-refractivity contribution in [3.8, 4) is 0 Å². The van der Waals surface area contributed by atoms with Gasteiger partial charge in [-0.3, -0.25) is 0 Å². The van der Waals surface area contributed by atoms with Crippen LogP contribution < -0.4 is 0 Å². The van der Waals surface area contributed by atoms with E-state index < -0.39 is 11.9 Å². The smallest absolute Gasteiger partial charge is 0.169 e. The summed E-state index contributed by atoms with van der Waals surface area (Å²) in [7, 11) is 0. The monoisotopic (exact) mass is 270 g/mol. The Morgan fingerprint density at radius 2 is 1.93 bits per heavy atom. The van der Waals surface area contributed by atoms with Crippen molar-refractivity contribution in [1.82, 2.24) is 0 Å². The number of rotatable bonds is 2. The van der Waals surface area contributed by atoms with Gasteiger partial charge in [-0.05, 0) is 34.1 Å². The Bertz CT molecular complexity index is 467. The second kappa shape index (κ2) is 4.16. The summed E-state index contributed by atoms with van der Waals surface area (Å²) in [5, 5.41) is 9.83. The molecule has 0 spiro atoms. The zero-order chi connectivity index (χ0) is 10.8. The lowest BCUT2D eigenvalue weighted by atomic mass is 10.1. The van der Waals surface area contributed by atoms with Gasteiger partial charge in [-0.1, -0.05) is 18.2 Å². The Hall–Kier alpha value is -1.13. The van der Waals surface area contributed by atoms with Gasteiger partial charge < -0.3 is 9.52 Å². The van der Waals surface area contributed by atoms with E-state index in [2.05, 4.69) is 15.9 Å². The van der Waals surface area contributed by atoms with Crippen LogP contribution in [0.25, 0.3) is 0 Å². The average molecular weight is 271 g/mol. The summed E-state index contributed by atoms with van der Waals surface area (Å²) in [6.07, 6.45) is -1.07. The summed E-state index contributed by atoms with van der Waals surface area (Å²) in [5.41, 5.74) is 0.208. The highest BCUT2D eigenvalue weighted by Crippen LogP contribution is 2.27. The first-order valence-corrected chi connectivity index (χ1v) is 5.15. The zero-order valence-electron chi connectivity index (χ0n) is 7.65. The van der Waals surface area contributed by atoms with Crippen molar-refractivity contribution in [2.24, 2.45) is 0 Å². The SMILES string of the molecule is OC(c1ccc(Br)o1)c1ccccc1F. The van der Waals surface area contributed by atoms with Crippen molar-refractivity contribution in [2.75, 3.05) is 0 Å². The van der Waals surface area contributed by atoms with Crippen LogP contribution in [-0.2, 0) is 0 Å². The first-order chi connectivity index (χ1) is 7.18. The van der Waals surface area contributed by atoms with Crippen molar-refractivity contribution in [3.05, 3.63) is 58.2 Å². The van der Waals surface area contributed by atoms with E-state index in [1.807, 2.05) is 0 Å². The minimum absolute atomic E-state index is 0.208. The second-order valence-electron chi connectivity index (χ2n) is 3.07. The van der Waals surface area contributed by atoms with Gasteiger partial charge in [0.2, 0.25) is 0 Å². The third-order valence-electron chi connectivity index (χ3n) is 2.06. The Labute approximate surface area is 94.5 Å². The van der Waals surface area contributed by atoms with E-state index >= 15 is 0 Å². The molecule has 0 fully saturated rings. The Balaban J connectivity index is 2.36. The second-order valence-corrected chi connectivity index (χ2v) is 3.85. The molecule has 1 aromatic heterocycles. The molecule has 1 unspecified atom stereocenters. The quantitative estimate of drug-likeness (QED) is 0.909. The number of aliphatic hydroxyl groups excluding tert-OH is 1. The van der Waals surface area contributed by atoms with Crippen LogP contribution in [0.3, 0.4) is 0 Å². The standard InChI is InChI=1S/C11H8BrFO2/c12-10-6-5-9(15-10)11(14)7-3-1-2-4-8(7)13/h1-6,11,14H. The molecular formula is C11H8BrFO2. The van der Waals surface area contributed by atoms with Gasteiger partial charge in [0.1, 0.15) is 17.7 Å². The molecule has 1 heterocycles. The van der Waals surface area contributed by atoms with Crippen molar-refractivity contribution in [2.45, 2.75) is 6.10 Å². The average Bonchev–Trinajstić information content (AvgIpc) is 2.65. The fourth-order valence-corrected chi connectivity index (χ4v) is 1.64. The number of furan rings is 1. The molecule has 2 nitrogen and oxygen atoms in total. The molecule has 1 N–H and O–H groups in total. The molecule has 0 saturated heterocycles. The van der Waals surface area contributed by atoms with Crippen molar-refractivity contribution < 1.29 is 13.9 Å². The highest BCUT2D eigenvalue weighted by atomic mass is 79.9. The highest BCUT2D eigenvalue weighted by molar-refractivity contribution is 9.10. The van der Waals surface area contributed by atoms with Gasteiger partial charge in [0.15, 0.2) is 4.67 Å². The molecule has 0 saturated carbocycles. The molecule has 2 rings (SSSR count). The maximum atomic E-state index is 13.3. The van der Waals surface area contributed by atoms with Crippen molar-refractivity contribution in [1.29, 1.82) is 0 Å². The van der Waals surface area contributed by atoms with E-state index in [4.69, 9.17) is 4.42 Å². The molecule has 0 aliphatic carbocycles. The first kappa shape index (κ1) is 10.4. The van der Waals surface area contributed by atoms with Crippen LogP contribution in [0.2, 0.25) is 0 Å². The third-order valence-corrected chi connectivity index (χ3v) is 2.49. The third kappa shape index (κ3) is 2.11. The molecule has 4 heteroatoms. The summed E-state index contributed by atoms with van der Waals surface area (Å²) in [6, 6.07) is 9.32. The minimum atomic E-state index is -1.07. The van der Waals surface area contributed by atoms with Gasteiger partial charge in [0.05, 0.1) is 0 Å². The van der Waals surface area contributed by atoms with Crippen LogP contribution in [0.5, 0.6) is 0 Å². The molecule has 15 heavy (non-hydrogen) atoms. The summed E-state index contributed by atoms with van der Waals surface area (Å²) in [6.45, 7) is 0. The van der Waals surface area contributed by atoms with Crippen molar-refractivity contribution >= 4 is 15.9 Å². The molecule has 0 aliphatic heterocycles. The van der Waals surface area contributed by atoms with Gasteiger partial charge >= 0.3 is 0 Å². The van der Waals surface area contributed by atoms with Crippen LogP contribution >= 0.6 is 15.9 Å². The van der Waals surface area contributed by atoms with Crippen molar-refractivity contribution in [3.63, 3.8) is 0 Å². The van der Waals surface area contributed by atoms with Crippen LogP contribution in [0.1, 0.15) is 17.4 Å². The predicted molar refractivity (Wildman–Crippen MR) is 56.9 cm³/mol. The maximum absolute atomic E-state index is 13.3. The maximum Gasteiger partial charge on any atom is 0.169 e. The lowest BCUT2D eigenvalue weighted by Gasteiger charge is -2.08. The fraction of sp³-hybridized carbons (Fsp3) is 0.0909. The van der Waals surface area contributed by atoms with Gasteiger partial charge in [-0.2, -0.15) is 0 Å². The van der Waals surface area contributed by atoms with Gasteiger partial charge in [-0.15, -0.1) is 0 Å². The van der Waals surface area contributed by atoms with Gasteiger partial charge in [0, 0.05) is 5.56 Å². The normalized spacial score (nSPS) is 12.7. The predicted octanol–water partition coefficient (Wildman–Crippen LogP) is 3.26. The van der Waals surface area contributed by atoms with Crippen LogP contribution in [0, 0.1) is 5.82 Å². The molecule has 2 aromatic rings. The lowest BCUT2D eigenvalue weighted by Crippen LogP contribution is -2.00. The topological polar surface area (TPSA) is 33.4 Å². The zero-order valence-corrected chi connectivity index (χ0v) is 9.24. The Kier molecular flexibility index (Phi) is 2.88. The molecular weight excluding hydrogens is 263 g/mol. The lowest BCUT2D eigenvalue weighted by molar-refractivity contribution is 0.183. The number of aliphatic hydroxyl groups is 1. The Morgan fingerprint density at radius 1 is 1.20 bits per heavy atom. The number of hydrogen-bond acceptors (Lipinski definition) is 2. The summed E-state index contributed by atoms with van der Waals surface area (Å²) in [4.78, 5) is 0. The molecule has 1 atom stereocenters. The van der Waals surface area contributed by atoms with E-state index in [0.717, 1.165) is 0 Å². The Morgan fingerprint density at radius 3 is 2.53 bits per heavy atom. The molecule has 1 aromatic carbocycles. The summed E-state index contributed by atoms with van der Waals surface area (Å²) < 4.78 is 19.0. The van der Waals surface area contributed by atoms with Crippen LogP contribution in [0.15, 0.2) is 45.5 Å². The van der Waals surface area contributed by atoms with E-state index in [-0.39, 0.29) is 5.56 Å².